The number of hydrogen-bond donors (Lipinski definition) is 2. The highest BCUT2D eigenvalue weighted by Crippen LogP contribution is 2.32. The number of fused-ring (bicyclic) bond motifs is 1. The summed E-state index contributed by atoms with van der Waals surface area (Å²) in [5, 5.41) is 15.5. The number of carbonyl (C=O) groups is 1. The first-order valence-electron chi connectivity index (χ1n) is 9.44. The average Bonchev–Trinajstić information content (AvgIpc) is 3.18. The first-order valence-corrected chi connectivity index (χ1v) is 11.0. The van der Waals surface area contributed by atoms with Crippen molar-refractivity contribution in [1.29, 1.82) is 0 Å². The number of carboxylic acids is 1. The minimum atomic E-state index is -4.04. The predicted molar refractivity (Wildman–Crippen MR) is 115 cm³/mol. The second kappa shape index (κ2) is 8.27. The number of sulfone groups is 1. The Hall–Kier alpha value is -3.99. The van der Waals surface area contributed by atoms with E-state index in [0.717, 1.165) is 0 Å². The van der Waals surface area contributed by atoms with Crippen molar-refractivity contribution in [1.82, 2.24) is 19.6 Å². The summed E-state index contributed by atoms with van der Waals surface area (Å²) < 4.78 is 33.7. The Balaban J connectivity index is 1.90. The lowest BCUT2D eigenvalue weighted by molar-refractivity contribution is 0.0697. The Labute approximate surface area is 183 Å². The van der Waals surface area contributed by atoms with E-state index in [0.29, 0.717) is 22.7 Å². The topological polar surface area (TPSA) is 136 Å². The van der Waals surface area contributed by atoms with Crippen LogP contribution in [0.15, 0.2) is 66.0 Å². The largest absolute Gasteiger partial charge is 0.497 e. The number of methoxy groups -OCH3 is 1. The molecule has 1 atom stereocenters. The summed E-state index contributed by atoms with van der Waals surface area (Å²) in [7, 11) is -2.56. The molecule has 164 valence electrons. The molecule has 1 aromatic carbocycles. The fourth-order valence-electron chi connectivity index (χ4n) is 3.24. The summed E-state index contributed by atoms with van der Waals surface area (Å²) in [6, 6.07) is 10.8. The Bertz CT molecular complexity index is 1390. The van der Waals surface area contributed by atoms with E-state index >= 15 is 0 Å². The van der Waals surface area contributed by atoms with E-state index in [9.17, 15) is 18.3 Å². The molecule has 10 nitrogen and oxygen atoms in total. The fraction of sp³-hybridized carbons (Fsp3) is 0.143. The summed E-state index contributed by atoms with van der Waals surface area (Å²) in [5.74, 6) is -0.783. The predicted octanol–water partition coefficient (Wildman–Crippen LogP) is 2.72. The molecule has 4 aromatic rings. The number of aromatic carboxylic acids is 1. The second-order valence-electron chi connectivity index (χ2n) is 6.91. The van der Waals surface area contributed by atoms with Crippen LogP contribution >= 0.6 is 0 Å². The normalized spacial score (nSPS) is 12.4. The smallest absolute Gasteiger partial charge is 0.341 e. The number of pyridine rings is 1. The van der Waals surface area contributed by atoms with Crippen LogP contribution in [0.2, 0.25) is 0 Å². The van der Waals surface area contributed by atoms with Crippen molar-refractivity contribution in [2.75, 3.05) is 12.4 Å². The monoisotopic (exact) mass is 453 g/mol. The molecule has 3 heterocycles. The molecule has 0 amide bonds. The zero-order valence-electron chi connectivity index (χ0n) is 17.1. The number of anilines is 1. The average molecular weight is 453 g/mol. The summed E-state index contributed by atoms with van der Waals surface area (Å²) >= 11 is 0. The Morgan fingerprint density at radius 2 is 1.94 bits per heavy atom. The third-order valence-corrected chi connectivity index (χ3v) is 6.73. The molecule has 0 fully saturated rings. The lowest BCUT2D eigenvalue weighted by atomic mass is 10.2. The minimum absolute atomic E-state index is 0.0125. The van der Waals surface area contributed by atoms with Gasteiger partial charge < -0.3 is 15.2 Å². The zero-order chi connectivity index (χ0) is 22.9. The molecule has 0 bridgehead atoms. The Morgan fingerprint density at radius 1 is 1.19 bits per heavy atom. The number of aryl methyl sites for hydroxylation is 1. The van der Waals surface area contributed by atoms with Gasteiger partial charge >= 0.3 is 5.97 Å². The third kappa shape index (κ3) is 3.85. The van der Waals surface area contributed by atoms with Gasteiger partial charge in [0, 0.05) is 30.2 Å². The van der Waals surface area contributed by atoms with Crippen molar-refractivity contribution in [3.05, 3.63) is 77.9 Å². The van der Waals surface area contributed by atoms with Crippen LogP contribution in [-0.2, 0) is 9.84 Å². The van der Waals surface area contributed by atoms with Gasteiger partial charge in [0.1, 0.15) is 17.1 Å². The number of nitrogens with one attached hydrogen (secondary N) is 1. The van der Waals surface area contributed by atoms with Gasteiger partial charge in [-0.3, -0.25) is 4.98 Å². The van der Waals surface area contributed by atoms with Gasteiger partial charge in [0.2, 0.25) is 9.84 Å². The van der Waals surface area contributed by atoms with Crippen LogP contribution in [0.3, 0.4) is 0 Å². The lowest BCUT2D eigenvalue weighted by Gasteiger charge is -2.22. The number of benzene rings is 1. The SMILES string of the molecule is COc1ccc(S(=O)(=O)C(Nc2c(C(=O)O)cnc3cc(C)nn23)c2cccnc2)cc1. The van der Waals surface area contributed by atoms with Crippen molar-refractivity contribution >= 4 is 27.3 Å². The van der Waals surface area contributed by atoms with Crippen LogP contribution in [0.5, 0.6) is 5.75 Å². The van der Waals surface area contributed by atoms with Crippen molar-refractivity contribution in [3.8, 4) is 5.75 Å². The third-order valence-electron chi connectivity index (χ3n) is 4.79. The van der Waals surface area contributed by atoms with Crippen LogP contribution in [0, 0.1) is 6.92 Å². The van der Waals surface area contributed by atoms with E-state index in [1.54, 1.807) is 25.1 Å². The number of rotatable bonds is 7. The first kappa shape index (κ1) is 21.2. The van der Waals surface area contributed by atoms with E-state index in [2.05, 4.69) is 20.4 Å². The number of ether oxygens (including phenoxy) is 1. The van der Waals surface area contributed by atoms with Gasteiger partial charge in [0.15, 0.2) is 11.0 Å². The maximum atomic E-state index is 13.6. The molecule has 0 spiro atoms. The number of hydrogen-bond acceptors (Lipinski definition) is 8. The molecule has 0 radical (unpaired) electrons. The molecule has 0 aliphatic carbocycles. The minimum Gasteiger partial charge on any atom is -0.497 e. The van der Waals surface area contributed by atoms with Gasteiger partial charge in [-0.05, 0) is 37.3 Å². The van der Waals surface area contributed by atoms with Crippen molar-refractivity contribution < 1.29 is 23.1 Å². The molecule has 3 aromatic heterocycles. The van der Waals surface area contributed by atoms with Gasteiger partial charge in [0.05, 0.1) is 17.7 Å². The van der Waals surface area contributed by atoms with Gasteiger partial charge in [0.25, 0.3) is 0 Å². The molecule has 0 aliphatic rings. The van der Waals surface area contributed by atoms with Crippen molar-refractivity contribution in [2.24, 2.45) is 0 Å². The van der Waals surface area contributed by atoms with E-state index < -0.39 is 21.2 Å². The summed E-state index contributed by atoms with van der Waals surface area (Å²) in [6.45, 7) is 1.73. The first-order chi connectivity index (χ1) is 15.3. The highest BCUT2D eigenvalue weighted by atomic mass is 32.2. The molecule has 0 saturated heterocycles. The number of aromatic nitrogens is 4. The summed E-state index contributed by atoms with van der Waals surface area (Å²) in [5.41, 5.74) is 1.08. The van der Waals surface area contributed by atoms with Crippen molar-refractivity contribution in [2.45, 2.75) is 17.2 Å². The van der Waals surface area contributed by atoms with Gasteiger partial charge in [-0.2, -0.15) is 9.61 Å². The van der Waals surface area contributed by atoms with Crippen LogP contribution in [0.1, 0.15) is 27.0 Å². The molecule has 1 unspecified atom stereocenters. The van der Waals surface area contributed by atoms with Crippen LogP contribution < -0.4 is 10.1 Å². The molecular formula is C21H19N5O5S. The molecular weight excluding hydrogens is 434 g/mol. The maximum absolute atomic E-state index is 13.6. The van der Waals surface area contributed by atoms with E-state index in [1.165, 1.54) is 54.5 Å². The summed E-state index contributed by atoms with van der Waals surface area (Å²) in [6.07, 6.45) is 4.10. The molecule has 0 aliphatic heterocycles. The van der Waals surface area contributed by atoms with Gasteiger partial charge in [-0.25, -0.2) is 18.2 Å². The van der Waals surface area contributed by atoms with E-state index in [1.807, 2.05) is 0 Å². The Morgan fingerprint density at radius 3 is 2.56 bits per heavy atom. The highest BCUT2D eigenvalue weighted by Gasteiger charge is 2.32. The van der Waals surface area contributed by atoms with Crippen LogP contribution in [0.25, 0.3) is 5.65 Å². The second-order valence-corrected chi connectivity index (χ2v) is 8.95. The molecule has 0 saturated carbocycles. The Kier molecular flexibility index (Phi) is 5.49. The standard InChI is InChI=1S/C21H19N5O5S/c1-13-10-18-23-12-17(21(27)28)19(26(18)25-13)24-20(14-4-3-9-22-11-14)32(29,30)16-7-5-15(31-2)6-8-16/h3-12,20,24H,1-2H3,(H,27,28). The summed E-state index contributed by atoms with van der Waals surface area (Å²) in [4.78, 5) is 20.0. The maximum Gasteiger partial charge on any atom is 0.341 e. The molecule has 11 heteroatoms. The number of carboxylic acid groups (broad SMARTS) is 1. The van der Waals surface area contributed by atoms with Crippen LogP contribution in [0.4, 0.5) is 5.82 Å². The molecule has 4 rings (SSSR count). The fourth-order valence-corrected chi connectivity index (χ4v) is 4.79. The number of nitrogens with zero attached hydrogens (tertiary/aromatic N) is 4. The molecule has 2 N–H and O–H groups in total. The quantitative estimate of drug-likeness (QED) is 0.433. The highest BCUT2D eigenvalue weighted by molar-refractivity contribution is 7.91. The van der Waals surface area contributed by atoms with Gasteiger partial charge in [-0.15, -0.1) is 0 Å². The van der Waals surface area contributed by atoms with Crippen molar-refractivity contribution in [3.63, 3.8) is 0 Å². The zero-order valence-corrected chi connectivity index (χ0v) is 17.9. The van der Waals surface area contributed by atoms with E-state index in [4.69, 9.17) is 4.74 Å². The lowest BCUT2D eigenvalue weighted by Crippen LogP contribution is -2.25. The van der Waals surface area contributed by atoms with E-state index in [-0.39, 0.29) is 16.3 Å². The molecule has 32 heavy (non-hydrogen) atoms. The van der Waals surface area contributed by atoms with Crippen LogP contribution in [-0.4, -0.2) is 46.2 Å². The van der Waals surface area contributed by atoms with Gasteiger partial charge in [-0.1, -0.05) is 6.07 Å².